The molecule has 5 heteroatoms. The second-order valence-electron chi connectivity index (χ2n) is 5.22. The van der Waals surface area contributed by atoms with E-state index >= 15 is 0 Å². The van der Waals surface area contributed by atoms with Gasteiger partial charge >= 0.3 is 6.98 Å². The second-order valence-corrected chi connectivity index (χ2v) is 5.22. The molecule has 3 atom stereocenters. The zero-order chi connectivity index (χ0) is 12.5. The van der Waals surface area contributed by atoms with Crippen molar-refractivity contribution in [2.75, 3.05) is 13.1 Å². The van der Waals surface area contributed by atoms with Crippen molar-refractivity contribution in [2.45, 2.75) is 33.2 Å². The predicted molar refractivity (Wildman–Crippen MR) is 62.2 cm³/mol. The second kappa shape index (κ2) is 4.82. The van der Waals surface area contributed by atoms with Crippen molar-refractivity contribution in [1.82, 2.24) is 4.90 Å². The van der Waals surface area contributed by atoms with E-state index in [0.29, 0.717) is 11.8 Å². The van der Waals surface area contributed by atoms with E-state index in [1.54, 1.807) is 0 Å². The molecule has 1 saturated heterocycles. The Morgan fingerprint density at radius 1 is 1.31 bits per heavy atom. The lowest BCUT2D eigenvalue weighted by atomic mass is 9.78. The molecule has 0 N–H and O–H groups in total. The van der Waals surface area contributed by atoms with Gasteiger partial charge in [-0.25, -0.2) is 0 Å². The zero-order valence-electron chi connectivity index (χ0n) is 10.2. The number of likely N-dealkylation sites (tertiary alicyclic amines) is 1. The van der Waals surface area contributed by atoms with Gasteiger partial charge < -0.3 is 12.9 Å². The molecule has 0 amide bonds. The fraction of sp³-hybridized carbons (Fsp3) is 0.818. The van der Waals surface area contributed by atoms with E-state index < -0.39 is 12.4 Å². The summed E-state index contributed by atoms with van der Waals surface area (Å²) in [7, 11) is 0. The first-order valence-electron chi connectivity index (χ1n) is 5.83. The van der Waals surface area contributed by atoms with E-state index in [9.17, 15) is 12.9 Å². The van der Waals surface area contributed by atoms with Gasteiger partial charge in [0.1, 0.15) is 0 Å². The Bertz CT molecular complexity index is 264. The van der Waals surface area contributed by atoms with Gasteiger partial charge in [-0.15, -0.1) is 12.1 Å². The third kappa shape index (κ3) is 3.27. The number of nitrogens with zero attached hydrogens (tertiary/aromatic N) is 1. The lowest BCUT2D eigenvalue weighted by molar-refractivity contribution is 0.0895. The van der Waals surface area contributed by atoms with Crippen LogP contribution in [0.4, 0.5) is 12.9 Å². The van der Waals surface area contributed by atoms with Crippen LogP contribution < -0.4 is 0 Å². The van der Waals surface area contributed by atoms with Gasteiger partial charge in [0, 0.05) is 12.6 Å². The summed E-state index contributed by atoms with van der Waals surface area (Å²) in [6, 6.07) is 0.214. The fourth-order valence-electron chi connectivity index (χ4n) is 2.41. The van der Waals surface area contributed by atoms with Gasteiger partial charge in [0.05, 0.1) is 0 Å². The Hall–Kier alpha value is -0.445. The summed E-state index contributed by atoms with van der Waals surface area (Å²) in [5.74, 6) is 0.928. The molecule has 0 aliphatic carbocycles. The Morgan fingerprint density at radius 2 is 1.88 bits per heavy atom. The van der Waals surface area contributed by atoms with Crippen molar-refractivity contribution in [2.24, 2.45) is 11.8 Å². The first kappa shape index (κ1) is 13.6. The summed E-state index contributed by atoms with van der Waals surface area (Å²) >= 11 is 0. The van der Waals surface area contributed by atoms with Gasteiger partial charge in [0.15, 0.2) is 0 Å². The smallest absolute Gasteiger partial charge is 0.445 e. The molecule has 0 aromatic carbocycles. The molecular weight excluding hydrogens is 214 g/mol. The molecule has 0 aromatic heterocycles. The number of hydrogen-bond acceptors (Lipinski definition) is 1. The molecule has 3 unspecified atom stereocenters. The highest BCUT2D eigenvalue weighted by Crippen LogP contribution is 2.29. The molecule has 0 spiro atoms. The first-order valence-corrected chi connectivity index (χ1v) is 5.83. The lowest BCUT2D eigenvalue weighted by Gasteiger charge is -2.42. The number of rotatable bonds is 3. The molecule has 1 fully saturated rings. The minimum atomic E-state index is -4.89. The topological polar surface area (TPSA) is 3.24 Å². The van der Waals surface area contributed by atoms with Crippen LogP contribution in [0.25, 0.3) is 0 Å². The fourth-order valence-corrected chi connectivity index (χ4v) is 2.41. The maximum absolute atomic E-state index is 12.5. The molecule has 1 rings (SSSR count). The van der Waals surface area contributed by atoms with E-state index in [1.165, 1.54) is 0 Å². The Kier molecular flexibility index (Phi) is 4.10. The van der Waals surface area contributed by atoms with Crippen molar-refractivity contribution >= 4 is 6.98 Å². The highest BCUT2D eigenvalue weighted by Gasteiger charge is 2.33. The first-order chi connectivity index (χ1) is 7.21. The average molecular weight is 234 g/mol. The molecule has 0 saturated carbocycles. The third-order valence-corrected chi connectivity index (χ3v) is 3.59. The van der Waals surface area contributed by atoms with Crippen LogP contribution in [0.3, 0.4) is 0 Å². The van der Waals surface area contributed by atoms with Crippen molar-refractivity contribution in [3.63, 3.8) is 0 Å². The molecule has 0 bridgehead atoms. The van der Waals surface area contributed by atoms with Gasteiger partial charge in [-0.2, -0.15) is 0 Å². The maximum Gasteiger partial charge on any atom is 0.506 e. The van der Waals surface area contributed by atoms with Crippen LogP contribution in [0.2, 0.25) is 0 Å². The molecule has 1 aliphatic rings. The van der Waals surface area contributed by atoms with Gasteiger partial charge in [0.25, 0.3) is 0 Å². The SMILES string of the molecule is C=C(CN1CC(C)CC(C)C1C)[B-](F)(F)F. The summed E-state index contributed by atoms with van der Waals surface area (Å²) < 4.78 is 37.4. The van der Waals surface area contributed by atoms with E-state index in [4.69, 9.17) is 0 Å². The van der Waals surface area contributed by atoms with Gasteiger partial charge in [-0.05, 0) is 31.7 Å². The normalized spacial score (nSPS) is 32.8. The Morgan fingerprint density at radius 3 is 2.38 bits per heavy atom. The van der Waals surface area contributed by atoms with E-state index in [0.717, 1.165) is 13.0 Å². The quantitative estimate of drug-likeness (QED) is 0.677. The van der Waals surface area contributed by atoms with Crippen LogP contribution in [0, 0.1) is 11.8 Å². The van der Waals surface area contributed by atoms with Gasteiger partial charge in [0.2, 0.25) is 0 Å². The highest BCUT2D eigenvalue weighted by atomic mass is 19.4. The van der Waals surface area contributed by atoms with Crippen LogP contribution in [-0.2, 0) is 0 Å². The van der Waals surface area contributed by atoms with Crippen molar-refractivity contribution in [1.29, 1.82) is 0 Å². The standard InChI is InChI=1S/C11H20BF3N/c1-8-5-9(2)11(4)16(6-8)7-10(3)12(13,14)15/h8-9,11H,3,5-7H2,1-2,4H3/q-1. The van der Waals surface area contributed by atoms with Crippen LogP contribution >= 0.6 is 0 Å². The molecule has 16 heavy (non-hydrogen) atoms. The van der Waals surface area contributed by atoms with Gasteiger partial charge in [-0.3, -0.25) is 4.90 Å². The van der Waals surface area contributed by atoms with E-state index in [1.807, 2.05) is 11.8 Å². The van der Waals surface area contributed by atoms with Crippen LogP contribution in [0.5, 0.6) is 0 Å². The summed E-state index contributed by atoms with van der Waals surface area (Å²) in [6.45, 7) is 5.20. The van der Waals surface area contributed by atoms with E-state index in [-0.39, 0.29) is 12.6 Å². The maximum atomic E-state index is 12.5. The zero-order valence-corrected chi connectivity index (χ0v) is 10.2. The molecule has 1 nitrogen and oxygen atoms in total. The monoisotopic (exact) mass is 234 g/mol. The van der Waals surface area contributed by atoms with Crippen LogP contribution in [0.1, 0.15) is 27.2 Å². The summed E-state index contributed by atoms with van der Waals surface area (Å²) in [5, 5.41) is 0. The van der Waals surface area contributed by atoms with Crippen molar-refractivity contribution < 1.29 is 12.9 Å². The molecule has 0 radical (unpaired) electrons. The number of halogens is 3. The van der Waals surface area contributed by atoms with Gasteiger partial charge in [-0.1, -0.05) is 13.8 Å². The highest BCUT2D eigenvalue weighted by molar-refractivity contribution is 6.66. The van der Waals surface area contributed by atoms with Crippen LogP contribution in [0.15, 0.2) is 12.1 Å². The minimum absolute atomic E-state index is 0.0284. The number of piperidine rings is 1. The molecular formula is C11H20BF3N-. The molecule has 1 aliphatic heterocycles. The van der Waals surface area contributed by atoms with Crippen molar-refractivity contribution in [3.8, 4) is 0 Å². The molecule has 0 aromatic rings. The summed E-state index contributed by atoms with van der Waals surface area (Å²) in [4.78, 5) is 1.91. The summed E-state index contributed by atoms with van der Waals surface area (Å²) in [6.07, 6.45) is 1.10. The minimum Gasteiger partial charge on any atom is -0.445 e. The lowest BCUT2D eigenvalue weighted by Crippen LogP contribution is -2.47. The molecule has 94 valence electrons. The Labute approximate surface area is 95.8 Å². The number of hydrogen-bond donors (Lipinski definition) is 0. The van der Waals surface area contributed by atoms with Crippen molar-refractivity contribution in [3.05, 3.63) is 12.1 Å². The van der Waals surface area contributed by atoms with Crippen LogP contribution in [-0.4, -0.2) is 31.0 Å². The third-order valence-electron chi connectivity index (χ3n) is 3.59. The predicted octanol–water partition coefficient (Wildman–Crippen LogP) is 3.30. The largest absolute Gasteiger partial charge is 0.506 e. The summed E-state index contributed by atoms with van der Waals surface area (Å²) in [5.41, 5.74) is -0.576. The van der Waals surface area contributed by atoms with E-state index in [2.05, 4.69) is 20.4 Å². The molecule has 1 heterocycles. The average Bonchev–Trinajstić information content (AvgIpc) is 2.11. The Balaban J connectivity index is 2.62.